The average molecular weight is 379 g/mol. The molecule has 3 amide bonds. The minimum absolute atomic E-state index is 0.0604. The largest absolute Gasteiger partial charge is 0.339 e. The molecular weight excluding hydrogens is 354 g/mol. The maximum Gasteiger partial charge on any atom is 0.255 e. The monoisotopic (exact) mass is 379 g/mol. The predicted molar refractivity (Wildman–Crippen MR) is 109 cm³/mol. The fourth-order valence-corrected chi connectivity index (χ4v) is 3.30. The molecular formula is C22H25N3O3. The Morgan fingerprint density at radius 3 is 2.39 bits per heavy atom. The number of amides is 3. The third-order valence-corrected chi connectivity index (χ3v) is 4.92. The van der Waals surface area contributed by atoms with Crippen molar-refractivity contribution in [2.45, 2.75) is 26.7 Å². The summed E-state index contributed by atoms with van der Waals surface area (Å²) in [4.78, 5) is 38.7. The number of rotatable bonds is 4. The number of hydrogen-bond donors (Lipinski definition) is 2. The minimum Gasteiger partial charge on any atom is -0.339 e. The molecule has 2 aromatic carbocycles. The van der Waals surface area contributed by atoms with Gasteiger partial charge in [-0.05, 0) is 49.1 Å². The molecule has 3 rings (SSSR count). The number of carbonyl (C=O) groups is 3. The van der Waals surface area contributed by atoms with Crippen LogP contribution in [-0.2, 0) is 4.79 Å². The van der Waals surface area contributed by atoms with Crippen LogP contribution in [0.2, 0.25) is 0 Å². The Bertz CT molecular complexity index is 886. The topological polar surface area (TPSA) is 78.5 Å². The second-order valence-electron chi connectivity index (χ2n) is 7.24. The molecule has 0 atom stereocenters. The molecule has 1 fully saturated rings. The van der Waals surface area contributed by atoms with Gasteiger partial charge in [0.25, 0.3) is 11.8 Å². The average Bonchev–Trinajstić information content (AvgIpc) is 2.68. The molecule has 1 aliphatic heterocycles. The van der Waals surface area contributed by atoms with E-state index >= 15 is 0 Å². The molecule has 6 heteroatoms. The SMILES string of the molecule is CC(=O)Nc1cccc(C(=O)Nc2ccccc2C(=O)N2CCC(C)CC2)c1. The molecule has 0 spiro atoms. The second kappa shape index (κ2) is 8.69. The number of nitrogens with zero attached hydrogens (tertiary/aromatic N) is 1. The van der Waals surface area contributed by atoms with Gasteiger partial charge in [0, 0.05) is 31.3 Å². The smallest absolute Gasteiger partial charge is 0.255 e. The number of anilines is 2. The van der Waals surface area contributed by atoms with Crippen LogP contribution in [0.5, 0.6) is 0 Å². The Morgan fingerprint density at radius 1 is 0.964 bits per heavy atom. The summed E-state index contributed by atoms with van der Waals surface area (Å²) in [6.45, 7) is 5.09. The summed E-state index contributed by atoms with van der Waals surface area (Å²) in [6, 6.07) is 13.7. The molecule has 2 N–H and O–H groups in total. The van der Waals surface area contributed by atoms with E-state index in [0.29, 0.717) is 28.4 Å². The van der Waals surface area contributed by atoms with Gasteiger partial charge in [0.2, 0.25) is 5.91 Å². The second-order valence-corrected chi connectivity index (χ2v) is 7.24. The highest BCUT2D eigenvalue weighted by molar-refractivity contribution is 6.09. The van der Waals surface area contributed by atoms with Crippen LogP contribution in [0, 0.1) is 5.92 Å². The first-order chi connectivity index (χ1) is 13.4. The number of para-hydroxylation sites is 1. The van der Waals surface area contributed by atoms with Crippen LogP contribution in [0.25, 0.3) is 0 Å². The molecule has 0 radical (unpaired) electrons. The molecule has 2 aromatic rings. The zero-order chi connectivity index (χ0) is 20.1. The highest BCUT2D eigenvalue weighted by Gasteiger charge is 2.23. The van der Waals surface area contributed by atoms with Gasteiger partial charge in [-0.2, -0.15) is 0 Å². The van der Waals surface area contributed by atoms with Crippen LogP contribution in [-0.4, -0.2) is 35.7 Å². The van der Waals surface area contributed by atoms with E-state index in [9.17, 15) is 14.4 Å². The lowest BCUT2D eigenvalue weighted by molar-refractivity contribution is -0.114. The molecule has 0 unspecified atom stereocenters. The number of nitrogens with one attached hydrogen (secondary N) is 2. The highest BCUT2D eigenvalue weighted by Crippen LogP contribution is 2.23. The Labute approximate surface area is 164 Å². The third-order valence-electron chi connectivity index (χ3n) is 4.92. The van der Waals surface area contributed by atoms with Crippen molar-refractivity contribution < 1.29 is 14.4 Å². The van der Waals surface area contributed by atoms with Crippen LogP contribution in [0.1, 0.15) is 47.4 Å². The van der Waals surface area contributed by atoms with Gasteiger partial charge in [0.15, 0.2) is 0 Å². The summed E-state index contributed by atoms with van der Waals surface area (Å²) in [6.07, 6.45) is 1.99. The lowest BCUT2D eigenvalue weighted by Gasteiger charge is -2.30. The number of piperidine rings is 1. The predicted octanol–water partition coefficient (Wildman–Crippen LogP) is 3.77. The van der Waals surface area contributed by atoms with E-state index in [1.54, 1.807) is 48.5 Å². The molecule has 0 bridgehead atoms. The zero-order valence-corrected chi connectivity index (χ0v) is 16.2. The number of benzene rings is 2. The number of carbonyl (C=O) groups excluding carboxylic acids is 3. The number of likely N-dealkylation sites (tertiary alicyclic amines) is 1. The normalized spacial score (nSPS) is 14.4. The van der Waals surface area contributed by atoms with Gasteiger partial charge in [-0.3, -0.25) is 14.4 Å². The fourth-order valence-electron chi connectivity index (χ4n) is 3.30. The Morgan fingerprint density at radius 2 is 1.68 bits per heavy atom. The fraction of sp³-hybridized carbons (Fsp3) is 0.318. The van der Waals surface area contributed by atoms with Gasteiger partial charge < -0.3 is 15.5 Å². The van der Waals surface area contributed by atoms with Crippen molar-refractivity contribution in [2.24, 2.45) is 5.92 Å². The summed E-state index contributed by atoms with van der Waals surface area (Å²) in [5.74, 6) is 0.0359. The standard InChI is InChI=1S/C22H25N3O3/c1-15-10-12-25(13-11-15)22(28)19-8-3-4-9-20(19)24-21(27)17-6-5-7-18(14-17)23-16(2)26/h3-9,14-15H,10-13H2,1-2H3,(H,23,26)(H,24,27). The van der Waals surface area contributed by atoms with Crippen LogP contribution in [0.15, 0.2) is 48.5 Å². The van der Waals surface area contributed by atoms with Crippen molar-refractivity contribution in [3.05, 3.63) is 59.7 Å². The molecule has 1 heterocycles. The molecule has 28 heavy (non-hydrogen) atoms. The Balaban J connectivity index is 1.77. The summed E-state index contributed by atoms with van der Waals surface area (Å²) in [5.41, 5.74) is 1.93. The third kappa shape index (κ3) is 4.76. The van der Waals surface area contributed by atoms with Crippen molar-refractivity contribution in [1.29, 1.82) is 0 Å². The van der Waals surface area contributed by atoms with Gasteiger partial charge in [-0.15, -0.1) is 0 Å². The van der Waals surface area contributed by atoms with E-state index in [-0.39, 0.29) is 17.7 Å². The quantitative estimate of drug-likeness (QED) is 0.849. The van der Waals surface area contributed by atoms with E-state index in [1.807, 2.05) is 4.90 Å². The first-order valence-corrected chi connectivity index (χ1v) is 9.51. The van der Waals surface area contributed by atoms with Crippen molar-refractivity contribution in [3.8, 4) is 0 Å². The summed E-state index contributed by atoms with van der Waals surface area (Å²) in [7, 11) is 0. The summed E-state index contributed by atoms with van der Waals surface area (Å²) >= 11 is 0. The van der Waals surface area contributed by atoms with Crippen LogP contribution >= 0.6 is 0 Å². The first-order valence-electron chi connectivity index (χ1n) is 9.51. The lowest BCUT2D eigenvalue weighted by Crippen LogP contribution is -2.38. The van der Waals surface area contributed by atoms with Gasteiger partial charge in [-0.1, -0.05) is 25.1 Å². The summed E-state index contributed by atoms with van der Waals surface area (Å²) < 4.78 is 0. The van der Waals surface area contributed by atoms with Gasteiger partial charge in [0.1, 0.15) is 0 Å². The van der Waals surface area contributed by atoms with E-state index < -0.39 is 0 Å². The Hall–Kier alpha value is -3.15. The molecule has 1 saturated heterocycles. The van der Waals surface area contributed by atoms with Crippen molar-refractivity contribution >= 4 is 29.1 Å². The van der Waals surface area contributed by atoms with Gasteiger partial charge in [0.05, 0.1) is 11.3 Å². The van der Waals surface area contributed by atoms with Gasteiger partial charge in [-0.25, -0.2) is 0 Å². The van der Waals surface area contributed by atoms with Crippen molar-refractivity contribution in [3.63, 3.8) is 0 Å². The molecule has 0 saturated carbocycles. The first kappa shape index (κ1) is 19.6. The van der Waals surface area contributed by atoms with E-state index in [0.717, 1.165) is 25.9 Å². The zero-order valence-electron chi connectivity index (χ0n) is 16.2. The van der Waals surface area contributed by atoms with Crippen LogP contribution in [0.4, 0.5) is 11.4 Å². The molecule has 1 aliphatic rings. The van der Waals surface area contributed by atoms with E-state index in [4.69, 9.17) is 0 Å². The van der Waals surface area contributed by atoms with E-state index in [2.05, 4.69) is 17.6 Å². The molecule has 0 aliphatic carbocycles. The lowest BCUT2D eigenvalue weighted by atomic mass is 9.98. The van der Waals surface area contributed by atoms with Crippen molar-refractivity contribution in [1.82, 2.24) is 4.90 Å². The molecule has 0 aromatic heterocycles. The number of hydrogen-bond acceptors (Lipinski definition) is 3. The maximum absolute atomic E-state index is 12.9. The summed E-state index contributed by atoms with van der Waals surface area (Å²) in [5, 5.41) is 5.50. The van der Waals surface area contributed by atoms with Crippen LogP contribution in [0.3, 0.4) is 0 Å². The van der Waals surface area contributed by atoms with Gasteiger partial charge >= 0.3 is 0 Å². The molecule has 146 valence electrons. The highest BCUT2D eigenvalue weighted by atomic mass is 16.2. The van der Waals surface area contributed by atoms with Crippen LogP contribution < -0.4 is 10.6 Å². The Kier molecular flexibility index (Phi) is 6.09. The van der Waals surface area contributed by atoms with E-state index in [1.165, 1.54) is 6.92 Å². The maximum atomic E-state index is 12.9. The minimum atomic E-state index is -0.334. The molecule has 6 nitrogen and oxygen atoms in total. The van der Waals surface area contributed by atoms with Crippen molar-refractivity contribution in [2.75, 3.05) is 23.7 Å².